The van der Waals surface area contributed by atoms with Crippen LogP contribution in [0.5, 0.6) is 5.75 Å². The summed E-state index contributed by atoms with van der Waals surface area (Å²) >= 11 is 0. The number of benzene rings is 3. The first kappa shape index (κ1) is 25.9. The number of carbonyl (C=O) groups is 1. The molecule has 2 aliphatic heterocycles. The Bertz CT molecular complexity index is 1580. The number of rotatable bonds is 5. The first-order chi connectivity index (χ1) is 19.4. The van der Waals surface area contributed by atoms with Crippen LogP contribution in [-0.4, -0.2) is 41.4 Å². The molecule has 0 fully saturated rings. The molecule has 0 bridgehead atoms. The van der Waals surface area contributed by atoms with Crippen LogP contribution in [0, 0.1) is 0 Å². The Morgan fingerprint density at radius 2 is 1.80 bits per heavy atom. The van der Waals surface area contributed by atoms with Crippen molar-refractivity contribution in [3.8, 4) is 28.0 Å². The number of hydrogen-bond donors (Lipinski definition) is 1. The maximum Gasteiger partial charge on any atom is 0.317 e. The molecule has 0 saturated carbocycles. The number of aromatic nitrogens is 2. The fourth-order valence-corrected chi connectivity index (χ4v) is 5.87. The molecule has 0 unspecified atom stereocenters. The molecule has 1 aromatic heterocycles. The number of urea groups is 1. The summed E-state index contributed by atoms with van der Waals surface area (Å²) in [5.41, 5.74) is 8.08. The van der Waals surface area contributed by atoms with Gasteiger partial charge in [-0.1, -0.05) is 12.1 Å². The van der Waals surface area contributed by atoms with Gasteiger partial charge in [-0.3, -0.25) is 4.68 Å². The van der Waals surface area contributed by atoms with E-state index in [1.165, 1.54) is 0 Å². The molecule has 3 heterocycles. The molecule has 0 saturated heterocycles. The molecule has 206 valence electrons. The SMILES string of the molecule is CNC(=O)N1Cc2cc(-c3ccc(OC)cc3)cc(N3CCCc4cc(-c5cnn(C)c5)c(C(F)F)cc43)c2C1. The number of anilines is 2. The highest BCUT2D eigenvalue weighted by molar-refractivity contribution is 5.83. The number of fused-ring (bicyclic) bond motifs is 2. The standard InChI is InChI=1S/C31H31F2N5O2/c1-34-31(39)37-17-22-11-21(19-6-8-24(40-3)9-7-19)13-29(27(22)18-37)38-10-4-5-20-12-25(23-15-35-36(2)16-23)26(30(32)33)14-28(20)38/h6-9,11-16,30H,4-5,10,17-18H2,1-3H3,(H,34,39). The highest BCUT2D eigenvalue weighted by Crippen LogP contribution is 2.45. The lowest BCUT2D eigenvalue weighted by atomic mass is 9.91. The van der Waals surface area contributed by atoms with Crippen LogP contribution in [0.25, 0.3) is 22.3 Å². The Labute approximate surface area is 232 Å². The molecular formula is C31H31F2N5O2. The van der Waals surface area contributed by atoms with Gasteiger partial charge in [-0.15, -0.1) is 0 Å². The second-order valence-corrected chi connectivity index (χ2v) is 10.3. The van der Waals surface area contributed by atoms with E-state index in [0.717, 1.165) is 57.8 Å². The fraction of sp³-hybridized carbons (Fsp3) is 0.290. The van der Waals surface area contributed by atoms with Gasteiger partial charge in [-0.2, -0.15) is 5.10 Å². The third-order valence-electron chi connectivity index (χ3n) is 7.86. The average molecular weight is 544 g/mol. The van der Waals surface area contributed by atoms with Gasteiger partial charge in [0.25, 0.3) is 6.43 Å². The Hall–Kier alpha value is -4.40. The highest BCUT2D eigenvalue weighted by Gasteiger charge is 2.31. The summed E-state index contributed by atoms with van der Waals surface area (Å²) in [6.45, 7) is 1.63. The molecule has 0 atom stereocenters. The van der Waals surface area contributed by atoms with Gasteiger partial charge >= 0.3 is 6.03 Å². The average Bonchev–Trinajstić information content (AvgIpc) is 3.61. The number of methoxy groups -OCH3 is 1. The second kappa shape index (κ2) is 10.3. The predicted octanol–water partition coefficient (Wildman–Crippen LogP) is 6.44. The van der Waals surface area contributed by atoms with Crippen molar-refractivity contribution in [3.05, 3.63) is 83.2 Å². The Kier molecular flexibility index (Phi) is 6.65. The van der Waals surface area contributed by atoms with E-state index in [4.69, 9.17) is 4.74 Å². The van der Waals surface area contributed by atoms with Crippen LogP contribution in [0.15, 0.2) is 60.9 Å². The molecular weight excluding hydrogens is 512 g/mol. The lowest BCUT2D eigenvalue weighted by Crippen LogP contribution is -2.34. The van der Waals surface area contributed by atoms with E-state index in [0.29, 0.717) is 30.8 Å². The molecule has 0 radical (unpaired) electrons. The van der Waals surface area contributed by atoms with Crippen LogP contribution in [0.3, 0.4) is 0 Å². The topological polar surface area (TPSA) is 62.6 Å². The molecule has 3 aromatic carbocycles. The molecule has 6 rings (SSSR count). The maximum absolute atomic E-state index is 14.5. The van der Waals surface area contributed by atoms with E-state index < -0.39 is 6.43 Å². The molecule has 7 nitrogen and oxygen atoms in total. The number of nitrogens with zero attached hydrogens (tertiary/aromatic N) is 4. The Morgan fingerprint density at radius 1 is 1.00 bits per heavy atom. The number of hydrogen-bond acceptors (Lipinski definition) is 4. The molecule has 4 aromatic rings. The van der Waals surface area contributed by atoms with Gasteiger partial charge in [-0.05, 0) is 77.1 Å². The van der Waals surface area contributed by atoms with Crippen molar-refractivity contribution in [1.82, 2.24) is 20.0 Å². The molecule has 2 amide bonds. The van der Waals surface area contributed by atoms with Crippen molar-refractivity contribution in [2.45, 2.75) is 32.4 Å². The van der Waals surface area contributed by atoms with Crippen molar-refractivity contribution in [2.75, 3.05) is 25.6 Å². The Morgan fingerprint density at radius 3 is 2.48 bits per heavy atom. The first-order valence-electron chi connectivity index (χ1n) is 13.3. The van der Waals surface area contributed by atoms with Gasteiger partial charge in [-0.25, -0.2) is 13.6 Å². The van der Waals surface area contributed by atoms with Gasteiger partial charge in [0.15, 0.2) is 0 Å². The minimum absolute atomic E-state index is 0.00593. The zero-order valence-electron chi connectivity index (χ0n) is 22.7. The summed E-state index contributed by atoms with van der Waals surface area (Å²) in [7, 11) is 5.04. The van der Waals surface area contributed by atoms with E-state index in [-0.39, 0.29) is 11.6 Å². The quantitative estimate of drug-likeness (QED) is 0.315. The lowest BCUT2D eigenvalue weighted by Gasteiger charge is -2.34. The van der Waals surface area contributed by atoms with Gasteiger partial charge in [0.05, 0.1) is 19.9 Å². The van der Waals surface area contributed by atoms with Gasteiger partial charge in [0.1, 0.15) is 5.75 Å². The van der Waals surface area contributed by atoms with Crippen molar-refractivity contribution < 1.29 is 18.3 Å². The predicted molar refractivity (Wildman–Crippen MR) is 151 cm³/mol. The van der Waals surface area contributed by atoms with Crippen LogP contribution in [0.2, 0.25) is 0 Å². The van der Waals surface area contributed by atoms with Crippen LogP contribution in [0.4, 0.5) is 25.0 Å². The van der Waals surface area contributed by atoms with Crippen LogP contribution in [-0.2, 0) is 26.6 Å². The summed E-state index contributed by atoms with van der Waals surface area (Å²) in [6.07, 6.45) is 2.45. The van der Waals surface area contributed by atoms with E-state index in [2.05, 4.69) is 27.4 Å². The van der Waals surface area contributed by atoms with Gasteiger partial charge in [0.2, 0.25) is 0 Å². The van der Waals surface area contributed by atoms with E-state index in [1.54, 1.807) is 49.2 Å². The maximum atomic E-state index is 14.5. The molecule has 1 N–H and O–H groups in total. The molecule has 0 aliphatic carbocycles. The highest BCUT2D eigenvalue weighted by atomic mass is 19.3. The number of ether oxygens (including phenoxy) is 1. The smallest absolute Gasteiger partial charge is 0.317 e. The van der Waals surface area contributed by atoms with Gasteiger partial charge < -0.3 is 19.9 Å². The van der Waals surface area contributed by atoms with E-state index in [1.807, 2.05) is 30.3 Å². The van der Waals surface area contributed by atoms with E-state index >= 15 is 0 Å². The largest absolute Gasteiger partial charge is 0.497 e. The molecule has 9 heteroatoms. The van der Waals surface area contributed by atoms with Crippen molar-refractivity contribution >= 4 is 17.4 Å². The minimum atomic E-state index is -2.63. The third-order valence-corrected chi connectivity index (χ3v) is 7.86. The van der Waals surface area contributed by atoms with E-state index in [9.17, 15) is 13.6 Å². The summed E-state index contributed by atoms with van der Waals surface area (Å²) < 4.78 is 35.9. The minimum Gasteiger partial charge on any atom is -0.497 e. The Balaban J connectivity index is 1.50. The fourth-order valence-electron chi connectivity index (χ4n) is 5.87. The monoisotopic (exact) mass is 543 g/mol. The first-order valence-corrected chi connectivity index (χ1v) is 13.3. The van der Waals surface area contributed by atoms with Crippen molar-refractivity contribution in [2.24, 2.45) is 7.05 Å². The summed E-state index contributed by atoms with van der Waals surface area (Å²) in [4.78, 5) is 16.5. The molecule has 40 heavy (non-hydrogen) atoms. The summed E-state index contributed by atoms with van der Waals surface area (Å²) in [6, 6.07) is 15.5. The number of alkyl halides is 2. The number of amides is 2. The number of carbonyl (C=O) groups excluding carboxylic acids is 1. The zero-order chi connectivity index (χ0) is 28.0. The second-order valence-electron chi connectivity index (χ2n) is 10.3. The summed E-state index contributed by atoms with van der Waals surface area (Å²) in [5.74, 6) is 0.768. The zero-order valence-corrected chi connectivity index (χ0v) is 22.7. The van der Waals surface area contributed by atoms with Gasteiger partial charge in [0, 0.05) is 61.4 Å². The lowest BCUT2D eigenvalue weighted by molar-refractivity contribution is 0.152. The van der Waals surface area contributed by atoms with Crippen LogP contribution < -0.4 is 15.0 Å². The number of nitrogens with one attached hydrogen (secondary N) is 1. The summed E-state index contributed by atoms with van der Waals surface area (Å²) in [5, 5.41) is 6.93. The normalized spacial score (nSPS) is 14.3. The number of halogens is 2. The third kappa shape index (κ3) is 4.55. The molecule has 0 spiro atoms. The van der Waals surface area contributed by atoms with Crippen LogP contribution >= 0.6 is 0 Å². The molecule has 2 aliphatic rings. The van der Waals surface area contributed by atoms with Crippen molar-refractivity contribution in [1.29, 1.82) is 0 Å². The van der Waals surface area contributed by atoms with Crippen molar-refractivity contribution in [3.63, 3.8) is 0 Å². The van der Waals surface area contributed by atoms with Crippen LogP contribution in [0.1, 0.15) is 35.1 Å². The number of aryl methyl sites for hydroxylation is 2.